The van der Waals surface area contributed by atoms with Gasteiger partial charge in [-0.3, -0.25) is 0 Å². The van der Waals surface area contributed by atoms with Crippen molar-refractivity contribution in [2.75, 3.05) is 0 Å². The molecule has 2 aromatic rings. The maximum absolute atomic E-state index is 8.88. The van der Waals surface area contributed by atoms with E-state index in [0.717, 1.165) is 17.1 Å². The van der Waals surface area contributed by atoms with Gasteiger partial charge in [0, 0.05) is 0 Å². The summed E-state index contributed by atoms with van der Waals surface area (Å²) in [6.45, 7) is 0.0611. The van der Waals surface area contributed by atoms with Crippen LogP contribution in [0, 0.1) is 0 Å². The Labute approximate surface area is 138 Å². The molecule has 0 aliphatic heterocycles. The number of para-hydroxylation sites is 1. The van der Waals surface area contributed by atoms with Gasteiger partial charge >= 0.3 is 51.4 Å². The fourth-order valence-electron chi connectivity index (χ4n) is 1.29. The van der Waals surface area contributed by atoms with E-state index in [4.69, 9.17) is 9.84 Å². The topological polar surface area (TPSA) is 29.5 Å². The van der Waals surface area contributed by atoms with E-state index in [-0.39, 0.29) is 58.0 Å². The average Bonchev–Trinajstić information content (AvgIpc) is 2.31. The van der Waals surface area contributed by atoms with Crippen molar-refractivity contribution in [2.24, 2.45) is 0 Å². The minimum atomic E-state index is 0. The van der Waals surface area contributed by atoms with Gasteiger partial charge in [-0.1, -0.05) is 30.3 Å². The molecule has 0 spiro atoms. The number of hydrogen-bond acceptors (Lipinski definition) is 2. The second-order valence-electron chi connectivity index (χ2n) is 3.22. The minimum absolute atomic E-state index is 0. The van der Waals surface area contributed by atoms with Crippen LogP contribution in [-0.2, 0) is 6.61 Å². The van der Waals surface area contributed by atoms with Gasteiger partial charge in [0.05, 0.1) is 6.61 Å². The molecule has 0 heterocycles. The van der Waals surface area contributed by atoms with Crippen LogP contribution in [0.3, 0.4) is 0 Å². The van der Waals surface area contributed by atoms with Crippen LogP contribution in [-0.4, -0.2) is 56.5 Å². The zero-order chi connectivity index (χ0) is 10.5. The molecular formula is C13H13KO2. The summed E-state index contributed by atoms with van der Waals surface area (Å²) in [5, 5.41) is 8.88. The first kappa shape index (κ1) is 13.9. The third-order valence-corrected chi connectivity index (χ3v) is 2.08. The van der Waals surface area contributed by atoms with E-state index in [1.54, 1.807) is 0 Å². The van der Waals surface area contributed by atoms with E-state index < -0.39 is 0 Å². The summed E-state index contributed by atoms with van der Waals surface area (Å²) in [6.07, 6.45) is 0. The van der Waals surface area contributed by atoms with Crippen LogP contribution in [0.25, 0.3) is 0 Å². The molecule has 2 nitrogen and oxygen atoms in total. The molecule has 78 valence electrons. The Bertz CT molecular complexity index is 412. The van der Waals surface area contributed by atoms with Gasteiger partial charge in [0.2, 0.25) is 0 Å². The second-order valence-corrected chi connectivity index (χ2v) is 3.22. The van der Waals surface area contributed by atoms with Crippen molar-refractivity contribution in [3.8, 4) is 11.5 Å². The molecule has 0 unspecified atom stereocenters. The van der Waals surface area contributed by atoms with Gasteiger partial charge in [-0.15, -0.1) is 0 Å². The molecule has 0 saturated carbocycles. The molecule has 0 bridgehead atoms. The van der Waals surface area contributed by atoms with Crippen LogP contribution in [0.15, 0.2) is 54.6 Å². The average molecular weight is 240 g/mol. The van der Waals surface area contributed by atoms with Gasteiger partial charge in [0.1, 0.15) is 11.5 Å². The van der Waals surface area contributed by atoms with Crippen molar-refractivity contribution in [3.63, 3.8) is 0 Å². The molecular weight excluding hydrogens is 227 g/mol. The zero-order valence-corrected chi connectivity index (χ0v) is 8.26. The summed E-state index contributed by atoms with van der Waals surface area (Å²) in [7, 11) is 0. The van der Waals surface area contributed by atoms with Crippen LogP contribution < -0.4 is 4.74 Å². The first-order chi connectivity index (χ1) is 7.38. The summed E-state index contributed by atoms with van der Waals surface area (Å²) < 4.78 is 5.60. The first-order valence-electron chi connectivity index (χ1n) is 4.81. The summed E-state index contributed by atoms with van der Waals surface area (Å²) >= 11 is 0. The van der Waals surface area contributed by atoms with Crippen LogP contribution in [0.4, 0.5) is 0 Å². The van der Waals surface area contributed by atoms with Crippen molar-refractivity contribution in [3.05, 3.63) is 60.2 Å². The first-order valence-corrected chi connectivity index (χ1v) is 4.81. The monoisotopic (exact) mass is 240 g/mol. The second kappa shape index (κ2) is 7.22. The number of aliphatic hydroxyl groups is 1. The molecule has 3 heteroatoms. The normalized spacial score (nSPS) is 9.31. The fourth-order valence-corrected chi connectivity index (χ4v) is 1.29. The molecule has 16 heavy (non-hydrogen) atoms. The Balaban J connectivity index is 0.00000128. The Kier molecular flexibility index (Phi) is 6.27. The number of hydrogen-bond donors (Lipinski definition) is 1. The Morgan fingerprint density at radius 3 is 1.94 bits per heavy atom. The number of aliphatic hydroxyl groups excluding tert-OH is 1. The summed E-state index contributed by atoms with van der Waals surface area (Å²) in [5.74, 6) is 1.59. The van der Waals surface area contributed by atoms with Gasteiger partial charge in [-0.2, -0.15) is 0 Å². The van der Waals surface area contributed by atoms with Crippen LogP contribution >= 0.6 is 0 Å². The molecule has 0 amide bonds. The maximum atomic E-state index is 8.88. The van der Waals surface area contributed by atoms with Crippen molar-refractivity contribution >= 4 is 51.4 Å². The van der Waals surface area contributed by atoms with E-state index in [1.165, 1.54) is 0 Å². The van der Waals surface area contributed by atoms with Crippen molar-refractivity contribution in [1.29, 1.82) is 0 Å². The van der Waals surface area contributed by atoms with E-state index in [1.807, 2.05) is 54.6 Å². The molecule has 0 atom stereocenters. The fraction of sp³-hybridized carbons (Fsp3) is 0.0769. The van der Waals surface area contributed by atoms with Gasteiger partial charge < -0.3 is 9.84 Å². The molecule has 0 aliphatic rings. The zero-order valence-electron chi connectivity index (χ0n) is 8.26. The van der Waals surface area contributed by atoms with E-state index >= 15 is 0 Å². The van der Waals surface area contributed by atoms with Gasteiger partial charge in [0.25, 0.3) is 0 Å². The number of ether oxygens (including phenoxy) is 1. The summed E-state index contributed by atoms with van der Waals surface area (Å²) in [5.41, 5.74) is 0.885. The molecule has 2 rings (SSSR count). The van der Waals surface area contributed by atoms with E-state index in [0.29, 0.717) is 0 Å². The standard InChI is InChI=1S/C13H12O2.K.H/c14-10-11-6-8-13(9-7-11)15-12-4-2-1-3-5-12;;/h1-9,14H,10H2;;. The molecule has 0 aromatic heterocycles. The van der Waals surface area contributed by atoms with Gasteiger partial charge in [-0.25, -0.2) is 0 Å². The van der Waals surface area contributed by atoms with Crippen LogP contribution in [0.5, 0.6) is 11.5 Å². The summed E-state index contributed by atoms with van der Waals surface area (Å²) in [6, 6.07) is 17.0. The third kappa shape index (κ3) is 4.01. The van der Waals surface area contributed by atoms with Crippen molar-refractivity contribution in [1.82, 2.24) is 0 Å². The molecule has 0 saturated heterocycles. The molecule has 0 fully saturated rings. The molecule has 0 aliphatic carbocycles. The SMILES string of the molecule is OCc1ccc(Oc2ccccc2)cc1.[KH]. The predicted molar refractivity (Wildman–Crippen MR) is 66.0 cm³/mol. The van der Waals surface area contributed by atoms with Gasteiger partial charge in [-0.05, 0) is 29.8 Å². The Hall–Kier alpha value is -0.164. The summed E-state index contributed by atoms with van der Waals surface area (Å²) in [4.78, 5) is 0. The van der Waals surface area contributed by atoms with Gasteiger partial charge in [0.15, 0.2) is 0 Å². The molecule has 2 aromatic carbocycles. The molecule has 0 radical (unpaired) electrons. The molecule has 1 N–H and O–H groups in total. The predicted octanol–water partition coefficient (Wildman–Crippen LogP) is 2.32. The Morgan fingerprint density at radius 1 is 0.812 bits per heavy atom. The number of rotatable bonds is 3. The van der Waals surface area contributed by atoms with Crippen molar-refractivity contribution < 1.29 is 9.84 Å². The Morgan fingerprint density at radius 2 is 1.38 bits per heavy atom. The van der Waals surface area contributed by atoms with Crippen LogP contribution in [0.1, 0.15) is 5.56 Å². The quantitative estimate of drug-likeness (QED) is 0.834. The number of benzene rings is 2. The van der Waals surface area contributed by atoms with Crippen molar-refractivity contribution in [2.45, 2.75) is 6.61 Å². The van der Waals surface area contributed by atoms with E-state index in [9.17, 15) is 0 Å². The third-order valence-electron chi connectivity index (χ3n) is 2.08. The van der Waals surface area contributed by atoms with E-state index in [2.05, 4.69) is 0 Å². The van der Waals surface area contributed by atoms with Crippen LogP contribution in [0.2, 0.25) is 0 Å².